The topological polar surface area (TPSA) is 25.8 Å². The number of halogens is 3. The van der Waals surface area contributed by atoms with Crippen LogP contribution in [0.2, 0.25) is 0 Å². The Morgan fingerprint density at radius 2 is 2.13 bits per heavy atom. The zero-order valence-electron chi connectivity index (χ0n) is 7.38. The van der Waals surface area contributed by atoms with Gasteiger partial charge in [-0.25, -0.2) is 13.8 Å². The molecule has 1 aromatic carbocycles. The van der Waals surface area contributed by atoms with Crippen molar-refractivity contribution in [3.63, 3.8) is 0 Å². The monoisotopic (exact) mass is 338 g/mol. The van der Waals surface area contributed by atoms with Crippen LogP contribution in [0.1, 0.15) is 10.6 Å². The Bertz CT molecular complexity index is 487. The van der Waals surface area contributed by atoms with Crippen molar-refractivity contribution in [3.8, 4) is 0 Å². The van der Waals surface area contributed by atoms with Gasteiger partial charge < -0.3 is 0 Å². The van der Waals surface area contributed by atoms with E-state index in [0.717, 1.165) is 6.07 Å². The molecule has 2 nitrogen and oxygen atoms in total. The quantitative estimate of drug-likeness (QED) is 0.787. The Balaban J connectivity index is 2.28. The second kappa shape index (κ2) is 4.48. The molecule has 0 amide bonds. The van der Waals surface area contributed by atoms with E-state index in [4.69, 9.17) is 0 Å². The summed E-state index contributed by atoms with van der Waals surface area (Å²) in [7, 11) is 0. The predicted octanol–water partition coefficient (Wildman–Crippen LogP) is 3.01. The van der Waals surface area contributed by atoms with Crippen molar-refractivity contribution in [2.75, 3.05) is 0 Å². The van der Waals surface area contributed by atoms with Gasteiger partial charge in [0.05, 0.1) is 0 Å². The molecule has 0 aliphatic heterocycles. The number of rotatable bonds is 2. The summed E-state index contributed by atoms with van der Waals surface area (Å²) in [6, 6.07) is 4.13. The van der Waals surface area contributed by atoms with Gasteiger partial charge in [-0.2, -0.15) is 4.37 Å². The van der Waals surface area contributed by atoms with Crippen molar-refractivity contribution in [2.45, 2.75) is 6.42 Å². The summed E-state index contributed by atoms with van der Waals surface area (Å²) < 4.78 is 30.7. The van der Waals surface area contributed by atoms with Crippen LogP contribution in [-0.2, 0) is 6.42 Å². The highest BCUT2D eigenvalue weighted by molar-refractivity contribution is 14.1. The SMILES string of the molecule is Fc1cccc(Cc2nc(I)ns2)c1F. The third-order valence-corrected chi connectivity index (χ3v) is 3.34. The summed E-state index contributed by atoms with van der Waals surface area (Å²) >= 11 is 3.18. The van der Waals surface area contributed by atoms with Crippen LogP contribution in [0.5, 0.6) is 0 Å². The van der Waals surface area contributed by atoms with Crippen LogP contribution in [0, 0.1) is 15.5 Å². The minimum absolute atomic E-state index is 0.282. The number of nitrogens with zero attached hydrogens (tertiary/aromatic N) is 2. The third kappa shape index (κ3) is 2.49. The molecule has 0 radical (unpaired) electrons. The van der Waals surface area contributed by atoms with Gasteiger partial charge >= 0.3 is 0 Å². The van der Waals surface area contributed by atoms with Gasteiger partial charge in [-0.3, -0.25) is 0 Å². The first-order valence-electron chi connectivity index (χ1n) is 4.08. The maximum absolute atomic E-state index is 13.3. The molecule has 0 atom stereocenters. The van der Waals surface area contributed by atoms with Crippen molar-refractivity contribution < 1.29 is 8.78 Å². The molecule has 78 valence electrons. The van der Waals surface area contributed by atoms with Gasteiger partial charge in [-0.1, -0.05) is 12.1 Å². The molecule has 0 bridgehead atoms. The Labute approximate surface area is 103 Å². The van der Waals surface area contributed by atoms with Crippen molar-refractivity contribution >= 4 is 34.1 Å². The average molecular weight is 338 g/mol. The Hall–Kier alpha value is -0.630. The summed E-state index contributed by atoms with van der Waals surface area (Å²) in [5, 5.41) is 0.684. The Morgan fingerprint density at radius 1 is 1.33 bits per heavy atom. The molecule has 0 aliphatic rings. The zero-order valence-corrected chi connectivity index (χ0v) is 10.3. The molecule has 6 heteroatoms. The molecule has 0 saturated heterocycles. The van der Waals surface area contributed by atoms with Gasteiger partial charge in [0.25, 0.3) is 0 Å². The number of hydrogen-bond acceptors (Lipinski definition) is 3. The molecule has 15 heavy (non-hydrogen) atoms. The molecule has 2 rings (SSSR count). The lowest BCUT2D eigenvalue weighted by Gasteiger charge is -2.00. The van der Waals surface area contributed by atoms with E-state index in [0.29, 0.717) is 14.4 Å². The fourth-order valence-corrected chi connectivity index (χ4v) is 2.47. The minimum atomic E-state index is -0.827. The standard InChI is InChI=1S/C9H5F2IN2S/c10-6-3-1-2-5(8(6)11)4-7-13-9(12)14-15-7/h1-3H,4H2. The zero-order chi connectivity index (χ0) is 10.8. The van der Waals surface area contributed by atoms with E-state index >= 15 is 0 Å². The predicted molar refractivity (Wildman–Crippen MR) is 61.8 cm³/mol. The van der Waals surface area contributed by atoms with Crippen LogP contribution < -0.4 is 0 Å². The fraction of sp³-hybridized carbons (Fsp3) is 0.111. The summed E-state index contributed by atoms with van der Waals surface area (Å²) in [5.74, 6) is -1.63. The number of benzene rings is 1. The van der Waals surface area contributed by atoms with E-state index in [-0.39, 0.29) is 6.42 Å². The smallest absolute Gasteiger partial charge is 0.203 e. The van der Waals surface area contributed by atoms with Crippen LogP contribution in [0.3, 0.4) is 0 Å². The molecule has 2 aromatic rings. The number of aromatic nitrogens is 2. The van der Waals surface area contributed by atoms with Crippen LogP contribution in [0.25, 0.3) is 0 Å². The normalized spacial score (nSPS) is 10.6. The van der Waals surface area contributed by atoms with E-state index < -0.39 is 11.6 Å². The lowest BCUT2D eigenvalue weighted by Crippen LogP contribution is -1.95. The lowest BCUT2D eigenvalue weighted by molar-refractivity contribution is 0.500. The van der Waals surface area contributed by atoms with E-state index in [1.807, 2.05) is 22.6 Å². The Morgan fingerprint density at radius 3 is 2.80 bits per heavy atom. The van der Waals surface area contributed by atoms with E-state index in [1.54, 1.807) is 6.07 Å². The van der Waals surface area contributed by atoms with E-state index in [2.05, 4.69) is 9.36 Å². The van der Waals surface area contributed by atoms with Gasteiger partial charge in [0.15, 0.2) is 11.6 Å². The van der Waals surface area contributed by atoms with Crippen molar-refractivity contribution in [3.05, 3.63) is 44.2 Å². The minimum Gasteiger partial charge on any atom is -0.214 e. The molecule has 1 aromatic heterocycles. The molecule has 1 heterocycles. The molecule has 0 aliphatic carbocycles. The molecule has 0 unspecified atom stereocenters. The van der Waals surface area contributed by atoms with Crippen LogP contribution in [0.15, 0.2) is 18.2 Å². The molecule has 0 spiro atoms. The lowest BCUT2D eigenvalue weighted by atomic mass is 10.1. The second-order valence-electron chi connectivity index (χ2n) is 2.85. The van der Waals surface area contributed by atoms with Crippen molar-refractivity contribution in [1.82, 2.24) is 9.36 Å². The highest BCUT2D eigenvalue weighted by Gasteiger charge is 2.10. The van der Waals surface area contributed by atoms with Gasteiger partial charge in [-0.05, 0) is 23.2 Å². The van der Waals surface area contributed by atoms with Crippen molar-refractivity contribution in [2.24, 2.45) is 0 Å². The van der Waals surface area contributed by atoms with E-state index in [1.165, 1.54) is 17.6 Å². The first kappa shape index (κ1) is 10.9. The number of hydrogen-bond donors (Lipinski definition) is 0. The highest BCUT2D eigenvalue weighted by Crippen LogP contribution is 2.17. The Kier molecular flexibility index (Phi) is 3.25. The largest absolute Gasteiger partial charge is 0.214 e. The molecular formula is C9H5F2IN2S. The molecule has 0 N–H and O–H groups in total. The highest BCUT2D eigenvalue weighted by atomic mass is 127. The summed E-state index contributed by atoms with van der Waals surface area (Å²) in [6.45, 7) is 0. The van der Waals surface area contributed by atoms with Crippen molar-refractivity contribution in [1.29, 1.82) is 0 Å². The summed E-state index contributed by atoms with van der Waals surface area (Å²) in [4.78, 5) is 4.08. The summed E-state index contributed by atoms with van der Waals surface area (Å²) in [5.41, 5.74) is 0.308. The van der Waals surface area contributed by atoms with Crippen LogP contribution in [-0.4, -0.2) is 9.36 Å². The molecule has 0 fully saturated rings. The maximum Gasteiger partial charge on any atom is 0.203 e. The first-order chi connectivity index (χ1) is 7.16. The van der Waals surface area contributed by atoms with Crippen LogP contribution in [0.4, 0.5) is 8.78 Å². The fourth-order valence-electron chi connectivity index (χ4n) is 1.15. The molecular weight excluding hydrogens is 333 g/mol. The van der Waals surface area contributed by atoms with Gasteiger partial charge in [0.2, 0.25) is 3.83 Å². The van der Waals surface area contributed by atoms with Gasteiger partial charge in [-0.15, -0.1) is 0 Å². The first-order valence-corrected chi connectivity index (χ1v) is 5.93. The summed E-state index contributed by atoms with van der Waals surface area (Å²) in [6.07, 6.45) is 0.282. The maximum atomic E-state index is 13.3. The van der Waals surface area contributed by atoms with Gasteiger partial charge in [0, 0.05) is 29.0 Å². The van der Waals surface area contributed by atoms with Crippen LogP contribution >= 0.6 is 34.1 Å². The molecule has 0 saturated carbocycles. The second-order valence-corrected chi connectivity index (χ2v) is 4.65. The van der Waals surface area contributed by atoms with E-state index in [9.17, 15) is 8.78 Å². The third-order valence-electron chi connectivity index (χ3n) is 1.82. The average Bonchev–Trinajstić information content (AvgIpc) is 2.59. The van der Waals surface area contributed by atoms with Gasteiger partial charge in [0.1, 0.15) is 5.01 Å².